The molecule has 220 valence electrons. The number of anilines is 1. The lowest BCUT2D eigenvalue weighted by molar-refractivity contribution is -0.139. The van der Waals surface area contributed by atoms with Crippen molar-refractivity contribution >= 4 is 50.7 Å². The van der Waals surface area contributed by atoms with Gasteiger partial charge in [-0.3, -0.25) is 13.9 Å². The quantitative estimate of drug-likeness (QED) is 0.295. The van der Waals surface area contributed by atoms with Crippen LogP contribution in [-0.2, 0) is 32.3 Å². The van der Waals surface area contributed by atoms with E-state index in [1.54, 1.807) is 26.0 Å². The molecule has 0 unspecified atom stereocenters. The number of aryl methyl sites for hydroxylation is 1. The van der Waals surface area contributed by atoms with Crippen LogP contribution in [0.5, 0.6) is 0 Å². The molecule has 13 heteroatoms. The second-order valence-corrected chi connectivity index (χ2v) is 11.9. The van der Waals surface area contributed by atoms with Crippen LogP contribution in [0.15, 0.2) is 71.6 Å². The van der Waals surface area contributed by atoms with Gasteiger partial charge in [-0.1, -0.05) is 53.0 Å². The van der Waals surface area contributed by atoms with Gasteiger partial charge in [-0.05, 0) is 68.8 Å². The van der Waals surface area contributed by atoms with Crippen LogP contribution in [0.25, 0.3) is 0 Å². The first-order valence-electron chi connectivity index (χ1n) is 12.4. The van der Waals surface area contributed by atoms with Crippen LogP contribution in [0.3, 0.4) is 0 Å². The summed E-state index contributed by atoms with van der Waals surface area (Å²) in [5.74, 6) is -1.36. The first-order chi connectivity index (χ1) is 19.1. The fourth-order valence-corrected chi connectivity index (χ4v) is 5.82. The van der Waals surface area contributed by atoms with Gasteiger partial charge in [-0.2, -0.15) is 13.2 Å². The van der Waals surface area contributed by atoms with Gasteiger partial charge < -0.3 is 10.2 Å². The van der Waals surface area contributed by atoms with Gasteiger partial charge in [0.1, 0.15) is 12.6 Å². The summed E-state index contributed by atoms with van der Waals surface area (Å²) >= 11 is 12.3. The Morgan fingerprint density at radius 3 is 2.24 bits per heavy atom. The van der Waals surface area contributed by atoms with Crippen molar-refractivity contribution in [3.63, 3.8) is 0 Å². The molecular formula is C28H28Cl2F3N3O4S. The maximum atomic E-state index is 13.8. The number of benzene rings is 3. The predicted octanol–water partition coefficient (Wildman–Crippen LogP) is 6.07. The Morgan fingerprint density at radius 1 is 1.00 bits per heavy atom. The zero-order chi connectivity index (χ0) is 30.5. The summed E-state index contributed by atoms with van der Waals surface area (Å²) in [6, 6.07) is 12.8. The molecule has 0 aliphatic heterocycles. The highest BCUT2D eigenvalue weighted by atomic mass is 35.5. The number of carbonyl (C=O) groups is 2. The van der Waals surface area contributed by atoms with Gasteiger partial charge in [0.2, 0.25) is 11.8 Å². The summed E-state index contributed by atoms with van der Waals surface area (Å²) in [6.45, 7) is 4.06. The molecule has 1 N–H and O–H groups in total. The highest BCUT2D eigenvalue weighted by Crippen LogP contribution is 2.33. The number of halogens is 5. The third-order valence-electron chi connectivity index (χ3n) is 6.22. The van der Waals surface area contributed by atoms with Gasteiger partial charge >= 0.3 is 6.18 Å². The monoisotopic (exact) mass is 629 g/mol. The van der Waals surface area contributed by atoms with E-state index in [9.17, 15) is 31.2 Å². The number of alkyl halides is 3. The van der Waals surface area contributed by atoms with E-state index in [0.29, 0.717) is 21.0 Å². The summed E-state index contributed by atoms with van der Waals surface area (Å²) < 4.78 is 68.8. The Kier molecular flexibility index (Phi) is 10.3. The van der Waals surface area contributed by atoms with E-state index in [1.165, 1.54) is 43.3 Å². The highest BCUT2D eigenvalue weighted by Gasteiger charge is 2.35. The smallest absolute Gasteiger partial charge is 0.355 e. The average molecular weight is 631 g/mol. The Bertz CT molecular complexity index is 1520. The molecule has 3 aromatic rings. The van der Waals surface area contributed by atoms with E-state index in [2.05, 4.69) is 5.32 Å². The molecular weight excluding hydrogens is 602 g/mol. The van der Waals surface area contributed by atoms with E-state index in [1.807, 2.05) is 0 Å². The molecule has 0 aliphatic carbocycles. The summed E-state index contributed by atoms with van der Waals surface area (Å²) in [6.07, 6.45) is -4.76. The first-order valence-corrected chi connectivity index (χ1v) is 14.6. The van der Waals surface area contributed by atoms with Crippen LogP contribution in [0.1, 0.15) is 30.5 Å². The number of amides is 2. The minimum Gasteiger partial charge on any atom is -0.355 e. The Morgan fingerprint density at radius 2 is 1.66 bits per heavy atom. The van der Waals surface area contributed by atoms with Crippen LogP contribution in [-0.4, -0.2) is 44.3 Å². The zero-order valence-electron chi connectivity index (χ0n) is 22.4. The average Bonchev–Trinajstić information content (AvgIpc) is 2.90. The van der Waals surface area contributed by atoms with Crippen molar-refractivity contribution in [2.24, 2.45) is 0 Å². The molecule has 3 aromatic carbocycles. The minimum absolute atomic E-state index is 0.200. The minimum atomic E-state index is -4.76. The first kappa shape index (κ1) is 32.2. The van der Waals surface area contributed by atoms with E-state index in [0.717, 1.165) is 22.6 Å². The summed E-state index contributed by atoms with van der Waals surface area (Å²) in [5.41, 5.74) is -0.282. The van der Waals surface area contributed by atoms with E-state index in [-0.39, 0.29) is 28.7 Å². The molecule has 0 saturated carbocycles. The SMILES string of the molecule is CCNC(=O)[C@H](C)N(Cc1ccc(Cl)cc1Cl)C(=O)CN(c1cccc(C(F)(F)F)c1)S(=O)(=O)c1ccc(C)cc1. The molecule has 7 nitrogen and oxygen atoms in total. The van der Waals surface area contributed by atoms with E-state index in [4.69, 9.17) is 23.2 Å². The van der Waals surface area contributed by atoms with Crippen LogP contribution < -0.4 is 9.62 Å². The van der Waals surface area contributed by atoms with E-state index < -0.39 is 46.2 Å². The number of hydrogen-bond acceptors (Lipinski definition) is 4. The van der Waals surface area contributed by atoms with E-state index >= 15 is 0 Å². The molecule has 0 saturated heterocycles. The van der Waals surface area contributed by atoms with Crippen molar-refractivity contribution in [3.05, 3.63) is 93.5 Å². The van der Waals surface area contributed by atoms with Gasteiger partial charge in [-0.15, -0.1) is 0 Å². The van der Waals surface area contributed by atoms with Crippen molar-refractivity contribution in [2.75, 3.05) is 17.4 Å². The maximum Gasteiger partial charge on any atom is 0.416 e. The Balaban J connectivity index is 2.11. The number of carbonyl (C=O) groups excluding carboxylic acids is 2. The molecule has 0 bridgehead atoms. The molecule has 0 aromatic heterocycles. The standard InChI is InChI=1S/C28H28Cl2F3N3O4S/c1-4-34-27(38)19(3)35(16-20-10-11-22(29)15-25(20)30)26(37)17-36(23-7-5-6-21(14-23)28(31,32)33)41(39,40)24-12-8-18(2)9-13-24/h5-15,19H,4,16-17H2,1-3H3,(H,34,38)/t19-/m0/s1. The molecule has 0 fully saturated rings. The Labute approximate surface area is 246 Å². The van der Waals surface area contributed by atoms with Crippen LogP contribution >= 0.6 is 23.2 Å². The third kappa shape index (κ3) is 7.93. The van der Waals surface area contributed by atoms with Gasteiger partial charge in [0.15, 0.2) is 0 Å². The highest BCUT2D eigenvalue weighted by molar-refractivity contribution is 7.92. The number of nitrogens with zero attached hydrogens (tertiary/aromatic N) is 2. The number of rotatable bonds is 10. The van der Waals surface area contributed by atoms with Crippen molar-refractivity contribution in [1.82, 2.24) is 10.2 Å². The number of likely N-dealkylation sites (N-methyl/N-ethyl adjacent to an activating group) is 1. The topological polar surface area (TPSA) is 86.8 Å². The molecule has 0 heterocycles. The van der Waals surface area contributed by atoms with Crippen molar-refractivity contribution in [1.29, 1.82) is 0 Å². The molecule has 3 rings (SSSR count). The molecule has 0 spiro atoms. The largest absolute Gasteiger partial charge is 0.416 e. The summed E-state index contributed by atoms with van der Waals surface area (Å²) in [5, 5.41) is 3.17. The molecule has 41 heavy (non-hydrogen) atoms. The van der Waals surface area contributed by atoms with Crippen LogP contribution in [0.4, 0.5) is 18.9 Å². The van der Waals surface area contributed by atoms with Crippen molar-refractivity contribution < 1.29 is 31.2 Å². The second kappa shape index (κ2) is 13.1. The lowest BCUT2D eigenvalue weighted by Crippen LogP contribution is -2.51. The molecule has 0 aliphatic rings. The molecule has 1 atom stereocenters. The van der Waals surface area contributed by atoms with Crippen molar-refractivity contribution in [3.8, 4) is 0 Å². The summed E-state index contributed by atoms with van der Waals surface area (Å²) in [7, 11) is -4.53. The fraction of sp³-hybridized carbons (Fsp3) is 0.286. The second-order valence-electron chi connectivity index (χ2n) is 9.20. The van der Waals surface area contributed by atoms with Gasteiger partial charge in [-0.25, -0.2) is 8.42 Å². The number of hydrogen-bond donors (Lipinski definition) is 1. The lowest BCUT2D eigenvalue weighted by atomic mass is 10.1. The molecule has 0 radical (unpaired) electrons. The molecule has 2 amide bonds. The lowest BCUT2D eigenvalue weighted by Gasteiger charge is -2.32. The Hall–Kier alpha value is -3.28. The predicted molar refractivity (Wildman–Crippen MR) is 152 cm³/mol. The number of nitrogens with one attached hydrogen (secondary N) is 1. The van der Waals surface area contributed by atoms with Gasteiger partial charge in [0.05, 0.1) is 16.1 Å². The normalized spacial score (nSPS) is 12.5. The fourth-order valence-electron chi connectivity index (χ4n) is 3.94. The zero-order valence-corrected chi connectivity index (χ0v) is 24.7. The summed E-state index contributed by atoms with van der Waals surface area (Å²) in [4.78, 5) is 27.5. The van der Waals surface area contributed by atoms with Crippen LogP contribution in [0.2, 0.25) is 10.0 Å². The van der Waals surface area contributed by atoms with Crippen LogP contribution in [0, 0.1) is 6.92 Å². The maximum absolute atomic E-state index is 13.8. The van der Waals surface area contributed by atoms with Crippen molar-refractivity contribution in [2.45, 2.75) is 44.4 Å². The number of sulfonamides is 1. The van der Waals surface area contributed by atoms with Gasteiger partial charge in [0.25, 0.3) is 10.0 Å². The van der Waals surface area contributed by atoms with Gasteiger partial charge in [0, 0.05) is 23.1 Å². The third-order valence-corrected chi connectivity index (χ3v) is 8.60.